The van der Waals surface area contributed by atoms with E-state index in [1.165, 1.54) is 25.3 Å². The van der Waals surface area contributed by atoms with E-state index in [1.807, 2.05) is 0 Å². The average Bonchev–Trinajstić information content (AvgIpc) is 3.11. The molecule has 52 heavy (non-hydrogen) atoms. The normalized spacial score (nSPS) is 23.1. The summed E-state index contributed by atoms with van der Waals surface area (Å²) in [4.78, 5) is 13.0. The van der Waals surface area contributed by atoms with Gasteiger partial charge in [-0.1, -0.05) is 121 Å². The topological polar surface area (TPSA) is 212 Å². The maximum Gasteiger partial charge on any atom is 0.397 e. The van der Waals surface area contributed by atoms with Crippen LogP contribution in [0, 0.1) is 0 Å². The summed E-state index contributed by atoms with van der Waals surface area (Å²) in [5.41, 5.74) is 0. The Morgan fingerprint density at radius 3 is 1.92 bits per heavy atom. The molecule has 1 saturated heterocycles. The van der Waals surface area contributed by atoms with E-state index < -0.39 is 78.5 Å². The van der Waals surface area contributed by atoms with E-state index in [0.717, 1.165) is 83.5 Å². The fourth-order valence-electron chi connectivity index (χ4n) is 5.84. The van der Waals surface area contributed by atoms with Gasteiger partial charge in [0, 0.05) is 0 Å². The zero-order chi connectivity index (χ0) is 38.6. The molecule has 13 nitrogen and oxygen atoms in total. The number of aliphatic hydroxyl groups is 5. The fourth-order valence-corrected chi connectivity index (χ4v) is 6.35. The highest BCUT2D eigenvalue weighted by atomic mass is 32.3. The van der Waals surface area contributed by atoms with E-state index in [-0.39, 0.29) is 6.42 Å². The van der Waals surface area contributed by atoms with Gasteiger partial charge in [0.05, 0.1) is 25.4 Å². The van der Waals surface area contributed by atoms with E-state index >= 15 is 0 Å². The van der Waals surface area contributed by atoms with Gasteiger partial charge in [-0.3, -0.25) is 9.35 Å². The van der Waals surface area contributed by atoms with Gasteiger partial charge in [0.1, 0.15) is 30.5 Å². The Morgan fingerprint density at radius 2 is 1.33 bits per heavy atom. The number of allylic oxidation sites excluding steroid dienone is 5. The Kier molecular flexibility index (Phi) is 27.5. The van der Waals surface area contributed by atoms with Crippen LogP contribution in [-0.2, 0) is 28.9 Å². The van der Waals surface area contributed by atoms with E-state index in [4.69, 9.17) is 14.0 Å². The van der Waals surface area contributed by atoms with Crippen molar-refractivity contribution in [3.05, 3.63) is 36.5 Å². The van der Waals surface area contributed by atoms with Gasteiger partial charge in [0.15, 0.2) is 6.29 Å². The largest absolute Gasteiger partial charge is 0.397 e. The molecule has 7 N–H and O–H groups in total. The third kappa shape index (κ3) is 22.5. The molecule has 8 unspecified atom stereocenters. The minimum Gasteiger partial charge on any atom is -0.394 e. The number of hydrogen-bond donors (Lipinski definition) is 7. The van der Waals surface area contributed by atoms with E-state index in [1.54, 1.807) is 6.08 Å². The lowest BCUT2D eigenvalue weighted by Gasteiger charge is -2.41. The van der Waals surface area contributed by atoms with E-state index in [0.29, 0.717) is 12.8 Å². The highest BCUT2D eigenvalue weighted by Crippen LogP contribution is 2.26. The molecule has 0 radical (unpaired) electrons. The summed E-state index contributed by atoms with van der Waals surface area (Å²) >= 11 is 0. The third-order valence-electron chi connectivity index (χ3n) is 9.02. The lowest BCUT2D eigenvalue weighted by molar-refractivity contribution is -0.298. The first-order chi connectivity index (χ1) is 24.9. The number of unbranched alkanes of at least 4 members (excludes halogenated alkanes) is 14. The van der Waals surface area contributed by atoms with Crippen molar-refractivity contribution in [2.75, 3.05) is 13.2 Å². The van der Waals surface area contributed by atoms with Crippen molar-refractivity contribution in [3.63, 3.8) is 0 Å². The lowest BCUT2D eigenvalue weighted by Crippen LogP contribution is -2.61. The zero-order valence-corrected chi connectivity index (χ0v) is 32.3. The molecule has 1 amide bonds. The SMILES string of the molecule is CCCCC/C=C\C/C=C\CCCCCCCCC(O)C(=O)NC(COC1OC(CO)C(O)C(OS(=O)(=O)O)C1O)C(O)/C=C/CCCCCCC. The number of aliphatic hydroxyl groups excluding tert-OH is 5. The van der Waals surface area contributed by atoms with Crippen molar-refractivity contribution in [2.45, 2.75) is 185 Å². The maximum atomic E-state index is 13.0. The number of carbonyl (C=O) groups excluding carboxylic acids is 1. The van der Waals surface area contributed by atoms with Crippen molar-refractivity contribution in [1.29, 1.82) is 0 Å². The second kappa shape index (κ2) is 29.6. The molecule has 8 atom stereocenters. The first-order valence-corrected chi connectivity index (χ1v) is 20.8. The minimum atomic E-state index is -5.11. The van der Waals surface area contributed by atoms with Gasteiger partial charge in [0.2, 0.25) is 5.91 Å². The summed E-state index contributed by atoms with van der Waals surface area (Å²) in [6, 6.07) is -1.12. The molecule has 0 aromatic rings. The summed E-state index contributed by atoms with van der Waals surface area (Å²) in [5, 5.41) is 54.7. The van der Waals surface area contributed by atoms with Crippen LogP contribution in [0.25, 0.3) is 0 Å². The Hall–Kier alpha value is -1.72. The molecule has 0 spiro atoms. The summed E-state index contributed by atoms with van der Waals surface area (Å²) < 4.78 is 47.1. The smallest absolute Gasteiger partial charge is 0.394 e. The molecule has 1 aliphatic heterocycles. The second-order valence-electron chi connectivity index (χ2n) is 13.7. The molecule has 304 valence electrons. The van der Waals surface area contributed by atoms with Gasteiger partial charge in [-0.2, -0.15) is 8.42 Å². The summed E-state index contributed by atoms with van der Waals surface area (Å²) in [5.74, 6) is -0.718. The van der Waals surface area contributed by atoms with E-state index in [9.17, 15) is 38.7 Å². The molecule has 0 aliphatic carbocycles. The molecular formula is C38H69NO12S. The molecule has 1 heterocycles. The van der Waals surface area contributed by atoms with Gasteiger partial charge in [-0.05, 0) is 51.4 Å². The molecule has 0 bridgehead atoms. The fraction of sp³-hybridized carbons (Fsp3) is 0.816. The number of rotatable bonds is 31. The quantitative estimate of drug-likeness (QED) is 0.0284. The Labute approximate surface area is 312 Å². The second-order valence-corrected chi connectivity index (χ2v) is 14.7. The minimum absolute atomic E-state index is 0.229. The Morgan fingerprint density at radius 1 is 0.788 bits per heavy atom. The van der Waals surface area contributed by atoms with Crippen LogP contribution < -0.4 is 5.32 Å². The van der Waals surface area contributed by atoms with E-state index in [2.05, 4.69) is 47.7 Å². The highest BCUT2D eigenvalue weighted by Gasteiger charge is 2.48. The summed E-state index contributed by atoms with van der Waals surface area (Å²) in [7, 11) is -5.11. The molecule has 1 fully saturated rings. The first kappa shape index (κ1) is 48.3. The van der Waals surface area contributed by atoms with Gasteiger partial charge in [0.25, 0.3) is 0 Å². The van der Waals surface area contributed by atoms with Gasteiger partial charge in [-0.25, -0.2) is 4.18 Å². The lowest BCUT2D eigenvalue weighted by atomic mass is 9.99. The van der Waals surface area contributed by atoms with Crippen molar-refractivity contribution in [2.24, 2.45) is 0 Å². The van der Waals surface area contributed by atoms with Gasteiger partial charge >= 0.3 is 10.4 Å². The van der Waals surface area contributed by atoms with Crippen molar-refractivity contribution in [3.8, 4) is 0 Å². The van der Waals surface area contributed by atoms with Gasteiger partial charge in [-0.15, -0.1) is 0 Å². The molecule has 0 aromatic carbocycles. The van der Waals surface area contributed by atoms with Crippen LogP contribution in [0.5, 0.6) is 0 Å². The molecule has 0 saturated carbocycles. The monoisotopic (exact) mass is 763 g/mol. The van der Waals surface area contributed by atoms with Crippen LogP contribution in [0.2, 0.25) is 0 Å². The summed E-state index contributed by atoms with van der Waals surface area (Å²) in [6.07, 6.45) is 19.9. The number of nitrogens with one attached hydrogen (secondary N) is 1. The number of ether oxygens (including phenoxy) is 2. The van der Waals surface area contributed by atoms with Crippen LogP contribution in [-0.4, -0.2) is 107 Å². The molecule has 1 rings (SSSR count). The Balaban J connectivity index is 2.62. The average molecular weight is 764 g/mol. The summed E-state index contributed by atoms with van der Waals surface area (Å²) in [6.45, 7) is 3.07. The molecule has 0 aromatic heterocycles. The Bertz CT molecular complexity index is 1100. The van der Waals surface area contributed by atoms with Crippen LogP contribution in [0.3, 0.4) is 0 Å². The van der Waals surface area contributed by atoms with Crippen LogP contribution in [0.1, 0.15) is 136 Å². The third-order valence-corrected chi connectivity index (χ3v) is 9.49. The molecule has 14 heteroatoms. The molecule has 1 aliphatic rings. The number of carbonyl (C=O) groups is 1. The standard InChI is InChI=1S/C38H69NO12S/c1-3-5-7-9-11-12-13-14-15-16-17-18-19-21-23-25-27-32(42)37(45)39-30(31(41)26-24-22-20-10-8-6-4-2)29-49-38-35(44)36(51-52(46,47)48)34(43)33(28-40)50-38/h11-12,14-15,24,26,30-36,38,40-44H,3-10,13,16-23,25,27-29H2,1-2H3,(H,39,45)(H,46,47,48)/b12-11-,15-14-,26-24+. The number of amides is 1. The number of hydrogen-bond acceptors (Lipinski definition) is 11. The predicted octanol–water partition coefficient (Wildman–Crippen LogP) is 4.96. The molecular weight excluding hydrogens is 694 g/mol. The maximum absolute atomic E-state index is 13.0. The van der Waals surface area contributed by atoms with Crippen molar-refractivity contribution in [1.82, 2.24) is 5.32 Å². The van der Waals surface area contributed by atoms with Crippen LogP contribution in [0.15, 0.2) is 36.5 Å². The highest BCUT2D eigenvalue weighted by molar-refractivity contribution is 7.80. The van der Waals surface area contributed by atoms with Gasteiger partial charge < -0.3 is 40.3 Å². The first-order valence-electron chi connectivity index (χ1n) is 19.5. The zero-order valence-electron chi connectivity index (χ0n) is 31.5. The van der Waals surface area contributed by atoms with Crippen molar-refractivity contribution < 1.29 is 57.0 Å². The predicted molar refractivity (Wildman–Crippen MR) is 201 cm³/mol. The van der Waals surface area contributed by atoms with Crippen LogP contribution >= 0.6 is 0 Å². The van der Waals surface area contributed by atoms with Crippen molar-refractivity contribution >= 4 is 16.3 Å². The van der Waals surface area contributed by atoms with Crippen LogP contribution in [0.4, 0.5) is 0 Å².